The Bertz CT molecular complexity index is 1910. The maximum Gasteiger partial charge on any atom is 0.338 e. The van der Waals surface area contributed by atoms with Crippen molar-refractivity contribution in [3.05, 3.63) is 118 Å². The number of aromatic nitrogens is 1. The van der Waals surface area contributed by atoms with E-state index in [1.807, 2.05) is 49.4 Å². The predicted molar refractivity (Wildman–Crippen MR) is 172 cm³/mol. The van der Waals surface area contributed by atoms with Gasteiger partial charge in [0.2, 0.25) is 0 Å². The van der Waals surface area contributed by atoms with Crippen LogP contribution in [0.25, 0.3) is 6.08 Å². The Labute approximate surface area is 268 Å². The molecule has 4 aromatic rings. The normalized spacial score (nSPS) is 14.6. The molecule has 0 fully saturated rings. The number of benzene rings is 3. The second-order valence-corrected chi connectivity index (χ2v) is 11.5. The predicted octanol–water partition coefficient (Wildman–Crippen LogP) is 6.09. The fourth-order valence-corrected chi connectivity index (χ4v) is 6.27. The minimum absolute atomic E-state index is 0.191. The molecule has 1 aromatic heterocycles. The van der Waals surface area contributed by atoms with Gasteiger partial charge in [-0.15, -0.1) is 0 Å². The van der Waals surface area contributed by atoms with E-state index in [1.54, 1.807) is 49.8 Å². The standard InChI is InChI=1S/C33H30Cl2N2O6S/c1-5-41-23-13-11-21(12-14-23)29-28(32(39)42-6-2)19(3)36-33-37(29)31(38)27(44-33)17-22-8-7-9-26(40-4)30(22)43-18-20-10-15-24(34)25(35)16-20/h7-17,29H,5-6,18H2,1-4H3/b27-17-/t29-/m0/s1. The lowest BCUT2D eigenvalue weighted by Gasteiger charge is -2.24. The van der Waals surface area contributed by atoms with Crippen LogP contribution in [0.3, 0.4) is 0 Å². The summed E-state index contributed by atoms with van der Waals surface area (Å²) >= 11 is 13.5. The molecule has 0 unspecified atom stereocenters. The van der Waals surface area contributed by atoms with Crippen molar-refractivity contribution >= 4 is 46.6 Å². The molecule has 5 rings (SSSR count). The Morgan fingerprint density at radius 2 is 1.80 bits per heavy atom. The summed E-state index contributed by atoms with van der Waals surface area (Å²) in [7, 11) is 1.55. The van der Waals surface area contributed by atoms with Gasteiger partial charge in [0.15, 0.2) is 16.3 Å². The monoisotopic (exact) mass is 652 g/mol. The van der Waals surface area contributed by atoms with E-state index in [9.17, 15) is 9.59 Å². The summed E-state index contributed by atoms with van der Waals surface area (Å²) < 4.78 is 24.7. The van der Waals surface area contributed by atoms with Gasteiger partial charge in [-0.1, -0.05) is 64.9 Å². The molecule has 0 bridgehead atoms. The van der Waals surface area contributed by atoms with E-state index >= 15 is 0 Å². The minimum atomic E-state index is -0.737. The molecule has 0 spiro atoms. The highest BCUT2D eigenvalue weighted by Gasteiger charge is 2.33. The molecule has 0 saturated heterocycles. The van der Waals surface area contributed by atoms with Crippen LogP contribution in [-0.4, -0.2) is 30.9 Å². The first-order chi connectivity index (χ1) is 21.2. The van der Waals surface area contributed by atoms with Crippen LogP contribution < -0.4 is 29.1 Å². The van der Waals surface area contributed by atoms with Crippen LogP contribution in [0.4, 0.5) is 0 Å². The summed E-state index contributed by atoms with van der Waals surface area (Å²) in [6.07, 6.45) is 1.75. The van der Waals surface area contributed by atoms with E-state index in [2.05, 4.69) is 4.99 Å². The Kier molecular flexibility index (Phi) is 9.78. The number of fused-ring (bicyclic) bond motifs is 1. The molecular formula is C33H30Cl2N2O6S. The highest BCUT2D eigenvalue weighted by molar-refractivity contribution is 7.07. The number of methoxy groups -OCH3 is 1. The molecule has 44 heavy (non-hydrogen) atoms. The molecule has 1 aliphatic heterocycles. The molecule has 228 valence electrons. The number of halogens is 2. The number of para-hydroxylation sites is 1. The van der Waals surface area contributed by atoms with Gasteiger partial charge in [-0.25, -0.2) is 9.79 Å². The summed E-state index contributed by atoms with van der Waals surface area (Å²) in [5.74, 6) is 1.12. The third-order valence-corrected chi connectivity index (χ3v) is 8.63. The molecule has 0 N–H and O–H groups in total. The van der Waals surface area contributed by atoms with Crippen molar-refractivity contribution in [3.8, 4) is 17.2 Å². The zero-order valence-corrected chi connectivity index (χ0v) is 26.9. The molecule has 1 atom stereocenters. The van der Waals surface area contributed by atoms with Crippen LogP contribution in [-0.2, 0) is 16.1 Å². The molecule has 2 heterocycles. The van der Waals surface area contributed by atoms with Gasteiger partial charge in [-0.3, -0.25) is 9.36 Å². The number of hydrogen-bond donors (Lipinski definition) is 0. The second-order valence-electron chi connectivity index (χ2n) is 9.72. The number of carbonyl (C=O) groups excluding carboxylic acids is 1. The molecule has 11 heteroatoms. The average molecular weight is 654 g/mol. The fourth-order valence-electron chi connectivity index (χ4n) is 4.91. The Balaban J connectivity index is 1.61. The first kappa shape index (κ1) is 31.4. The number of hydrogen-bond acceptors (Lipinski definition) is 8. The number of thiazole rings is 1. The fraction of sp³-hybridized carbons (Fsp3) is 0.242. The van der Waals surface area contributed by atoms with Crippen molar-refractivity contribution in [1.29, 1.82) is 0 Å². The SMILES string of the molecule is CCOC(=O)C1=C(C)N=c2s/c(=C\c3cccc(OC)c3OCc3ccc(Cl)c(Cl)c3)c(=O)n2[C@H]1c1ccc(OCC)cc1. The van der Waals surface area contributed by atoms with E-state index in [0.29, 0.717) is 60.1 Å². The van der Waals surface area contributed by atoms with Gasteiger partial charge < -0.3 is 18.9 Å². The highest BCUT2D eigenvalue weighted by Crippen LogP contribution is 2.34. The molecule has 8 nitrogen and oxygen atoms in total. The molecule has 0 saturated carbocycles. The number of nitrogens with zero attached hydrogens (tertiary/aromatic N) is 2. The van der Waals surface area contributed by atoms with Crippen LogP contribution in [0.2, 0.25) is 10.0 Å². The molecule has 3 aromatic carbocycles. The van der Waals surface area contributed by atoms with Gasteiger partial charge in [-0.2, -0.15) is 0 Å². The topological polar surface area (TPSA) is 88.4 Å². The Hall–Kier alpha value is -4.05. The lowest BCUT2D eigenvalue weighted by atomic mass is 9.96. The third kappa shape index (κ3) is 6.40. The first-order valence-electron chi connectivity index (χ1n) is 13.9. The molecule has 0 radical (unpaired) electrons. The smallest absolute Gasteiger partial charge is 0.338 e. The van der Waals surface area contributed by atoms with E-state index in [0.717, 1.165) is 11.1 Å². The Morgan fingerprint density at radius 3 is 2.48 bits per heavy atom. The second kappa shape index (κ2) is 13.7. The van der Waals surface area contributed by atoms with E-state index in [-0.39, 0.29) is 18.8 Å². The van der Waals surface area contributed by atoms with Gasteiger partial charge in [0.25, 0.3) is 5.56 Å². The molecular weight excluding hydrogens is 623 g/mol. The van der Waals surface area contributed by atoms with Gasteiger partial charge in [0.05, 0.1) is 52.2 Å². The lowest BCUT2D eigenvalue weighted by molar-refractivity contribution is -0.139. The van der Waals surface area contributed by atoms with Crippen LogP contribution in [0.5, 0.6) is 17.2 Å². The maximum atomic E-state index is 14.1. The van der Waals surface area contributed by atoms with Gasteiger partial charge >= 0.3 is 5.97 Å². The summed E-state index contributed by atoms with van der Waals surface area (Å²) in [5.41, 5.74) is 2.66. The number of esters is 1. The van der Waals surface area contributed by atoms with Gasteiger partial charge in [-0.05, 0) is 68.3 Å². The summed E-state index contributed by atoms with van der Waals surface area (Å²) in [5, 5.41) is 0.877. The summed E-state index contributed by atoms with van der Waals surface area (Å²) in [6.45, 7) is 6.30. The quantitative estimate of drug-likeness (QED) is 0.193. The largest absolute Gasteiger partial charge is 0.494 e. The molecule has 0 aliphatic carbocycles. The summed E-state index contributed by atoms with van der Waals surface area (Å²) in [6, 6.07) is 17.3. The minimum Gasteiger partial charge on any atom is -0.494 e. The van der Waals surface area contributed by atoms with Crippen LogP contribution in [0.1, 0.15) is 43.5 Å². The van der Waals surface area contributed by atoms with Crippen molar-refractivity contribution in [3.63, 3.8) is 0 Å². The maximum absolute atomic E-state index is 14.1. The zero-order valence-electron chi connectivity index (χ0n) is 24.6. The van der Waals surface area contributed by atoms with Gasteiger partial charge in [0, 0.05) is 5.56 Å². The van der Waals surface area contributed by atoms with E-state index in [4.69, 9.17) is 42.1 Å². The van der Waals surface area contributed by atoms with Crippen molar-refractivity contribution < 1.29 is 23.7 Å². The van der Waals surface area contributed by atoms with Crippen LogP contribution in [0, 0.1) is 0 Å². The van der Waals surface area contributed by atoms with Crippen molar-refractivity contribution in [1.82, 2.24) is 4.57 Å². The van der Waals surface area contributed by atoms with E-state index in [1.165, 1.54) is 11.3 Å². The number of rotatable bonds is 10. The van der Waals surface area contributed by atoms with Crippen molar-refractivity contribution in [2.75, 3.05) is 20.3 Å². The van der Waals surface area contributed by atoms with Gasteiger partial charge in [0.1, 0.15) is 12.4 Å². The van der Waals surface area contributed by atoms with Crippen LogP contribution >= 0.6 is 34.5 Å². The summed E-state index contributed by atoms with van der Waals surface area (Å²) in [4.78, 5) is 32.4. The molecule has 1 aliphatic rings. The van der Waals surface area contributed by atoms with Crippen molar-refractivity contribution in [2.24, 2.45) is 4.99 Å². The van der Waals surface area contributed by atoms with Crippen LogP contribution in [0.15, 0.2) is 81.7 Å². The number of carbonyl (C=O) groups is 1. The highest BCUT2D eigenvalue weighted by atomic mass is 35.5. The third-order valence-electron chi connectivity index (χ3n) is 6.91. The zero-order chi connectivity index (χ0) is 31.4. The van der Waals surface area contributed by atoms with E-state index < -0.39 is 12.0 Å². The number of allylic oxidation sites excluding steroid dienone is 1. The first-order valence-corrected chi connectivity index (χ1v) is 15.5. The lowest BCUT2D eigenvalue weighted by Crippen LogP contribution is -2.39. The molecule has 0 amide bonds. The van der Waals surface area contributed by atoms with Crippen molar-refractivity contribution in [2.45, 2.75) is 33.4 Å². The Morgan fingerprint density at radius 1 is 1.02 bits per heavy atom. The average Bonchev–Trinajstić information content (AvgIpc) is 3.31. The number of ether oxygens (including phenoxy) is 4.